The molecule has 4 saturated carbocycles. The maximum absolute atomic E-state index is 9.24. The third kappa shape index (κ3) is 5.81. The second-order valence-electron chi connectivity index (χ2n) is 16.0. The number of benzene rings is 6. The lowest BCUT2D eigenvalue weighted by atomic mass is 9.41. The van der Waals surface area contributed by atoms with Gasteiger partial charge < -0.3 is 0 Å². The van der Waals surface area contributed by atoms with Crippen molar-refractivity contribution in [2.75, 3.05) is 0 Å². The molecule has 4 nitrogen and oxygen atoms in total. The van der Waals surface area contributed by atoms with Gasteiger partial charge in [0.25, 0.3) is 0 Å². The van der Waals surface area contributed by atoms with Gasteiger partial charge in [0, 0.05) is 16.7 Å². The molecule has 260 valence electrons. The van der Waals surface area contributed by atoms with Gasteiger partial charge in [0.15, 0.2) is 17.5 Å². The molecule has 2 unspecified atom stereocenters. The Morgan fingerprint density at radius 3 is 1.37 bits per heavy atom. The molecule has 0 aliphatic heterocycles. The van der Waals surface area contributed by atoms with Gasteiger partial charge in [-0.25, -0.2) is 15.0 Å². The summed E-state index contributed by atoms with van der Waals surface area (Å²) in [4.78, 5) is 15.2. The highest BCUT2D eigenvalue weighted by Gasteiger charge is 2.58. The zero-order chi connectivity index (χ0) is 36.1. The summed E-state index contributed by atoms with van der Waals surface area (Å²) >= 11 is 0. The van der Waals surface area contributed by atoms with Crippen molar-refractivity contribution in [2.45, 2.75) is 49.4 Å². The zero-order valence-electron chi connectivity index (χ0n) is 30.2. The number of aromatic nitrogens is 3. The minimum atomic E-state index is 0.186. The molecule has 4 aliphatic carbocycles. The Labute approximate surface area is 317 Å². The van der Waals surface area contributed by atoms with Gasteiger partial charge in [-0.1, -0.05) is 140 Å². The fourth-order valence-electron chi connectivity index (χ4n) is 10.5. The van der Waals surface area contributed by atoms with Crippen molar-refractivity contribution in [3.05, 3.63) is 174 Å². The second kappa shape index (κ2) is 13.0. The lowest BCUT2D eigenvalue weighted by Gasteiger charge is -2.63. The molecule has 2 atom stereocenters. The maximum Gasteiger partial charge on any atom is 0.164 e. The molecule has 7 aromatic rings. The van der Waals surface area contributed by atoms with Gasteiger partial charge in [-0.2, -0.15) is 5.26 Å². The summed E-state index contributed by atoms with van der Waals surface area (Å²) in [5.41, 5.74) is 11.7. The minimum Gasteiger partial charge on any atom is -0.208 e. The van der Waals surface area contributed by atoms with E-state index in [4.69, 9.17) is 15.0 Å². The Morgan fingerprint density at radius 2 is 0.833 bits per heavy atom. The minimum absolute atomic E-state index is 0.186. The fourth-order valence-corrected chi connectivity index (χ4v) is 10.5. The van der Waals surface area contributed by atoms with Crippen molar-refractivity contribution in [3.63, 3.8) is 0 Å². The van der Waals surface area contributed by atoms with Crippen LogP contribution in [0.3, 0.4) is 0 Å². The van der Waals surface area contributed by atoms with Gasteiger partial charge in [-0.05, 0) is 113 Å². The van der Waals surface area contributed by atoms with Crippen LogP contribution in [0.1, 0.15) is 55.2 Å². The molecule has 0 radical (unpaired) electrons. The molecule has 0 N–H and O–H groups in total. The van der Waals surface area contributed by atoms with E-state index < -0.39 is 0 Å². The molecule has 4 aliphatic rings. The standard InChI is InChI=1S/C50H40N4/c51-32-34-14-16-38(17-15-34)39-18-22-44(23-19-39)49-28-35-26-36(29-49)31-50(30-35,33-49)45-24-20-41(21-25-45)47-52-46(40-10-5-2-6-11-40)53-48(54-47)43-13-7-12-42(27-43)37-8-3-1-4-9-37/h1-25,27,35-36H,26,28-31,33H2. The summed E-state index contributed by atoms with van der Waals surface area (Å²) < 4.78 is 0. The number of rotatable bonds is 7. The summed E-state index contributed by atoms with van der Waals surface area (Å²) in [7, 11) is 0. The van der Waals surface area contributed by atoms with Crippen molar-refractivity contribution < 1.29 is 0 Å². The number of nitriles is 1. The molecule has 1 aromatic heterocycles. The average molecular weight is 697 g/mol. The molecule has 6 aromatic carbocycles. The van der Waals surface area contributed by atoms with Crippen LogP contribution in [0.25, 0.3) is 56.4 Å². The molecular formula is C50H40N4. The van der Waals surface area contributed by atoms with Crippen LogP contribution in [0.5, 0.6) is 0 Å². The smallest absolute Gasteiger partial charge is 0.164 e. The molecule has 11 rings (SSSR count). The second-order valence-corrected chi connectivity index (χ2v) is 16.0. The van der Waals surface area contributed by atoms with Crippen LogP contribution in [-0.4, -0.2) is 15.0 Å². The predicted molar refractivity (Wildman–Crippen MR) is 216 cm³/mol. The summed E-state index contributed by atoms with van der Waals surface area (Å²) in [6, 6.07) is 58.0. The van der Waals surface area contributed by atoms with E-state index in [-0.39, 0.29) is 10.8 Å². The number of hydrogen-bond donors (Lipinski definition) is 0. The van der Waals surface area contributed by atoms with Crippen LogP contribution in [0.2, 0.25) is 0 Å². The number of nitrogens with zero attached hydrogens (tertiary/aromatic N) is 4. The van der Waals surface area contributed by atoms with E-state index in [9.17, 15) is 5.26 Å². The lowest BCUT2D eigenvalue weighted by Crippen LogP contribution is -2.55. The summed E-state index contributed by atoms with van der Waals surface area (Å²) in [6.07, 6.45) is 7.71. The number of hydrogen-bond acceptors (Lipinski definition) is 4. The van der Waals surface area contributed by atoms with Crippen LogP contribution >= 0.6 is 0 Å². The summed E-state index contributed by atoms with van der Waals surface area (Å²) in [5.74, 6) is 3.57. The van der Waals surface area contributed by atoms with E-state index in [1.807, 2.05) is 36.4 Å². The van der Waals surface area contributed by atoms with Crippen LogP contribution in [0.15, 0.2) is 158 Å². The van der Waals surface area contributed by atoms with E-state index in [0.717, 1.165) is 39.7 Å². The molecular weight excluding hydrogens is 657 g/mol. The first kappa shape index (κ1) is 32.5. The molecule has 54 heavy (non-hydrogen) atoms. The van der Waals surface area contributed by atoms with Crippen LogP contribution in [0, 0.1) is 23.2 Å². The molecule has 1 heterocycles. The van der Waals surface area contributed by atoms with Gasteiger partial charge in [0.1, 0.15) is 0 Å². The quantitative estimate of drug-likeness (QED) is 0.166. The van der Waals surface area contributed by atoms with Gasteiger partial charge in [0.2, 0.25) is 0 Å². The first-order valence-corrected chi connectivity index (χ1v) is 19.2. The largest absolute Gasteiger partial charge is 0.208 e. The first-order valence-electron chi connectivity index (χ1n) is 19.2. The Balaban J connectivity index is 0.977. The molecule has 4 heteroatoms. The average Bonchev–Trinajstić information content (AvgIpc) is 3.24. The zero-order valence-corrected chi connectivity index (χ0v) is 30.2. The van der Waals surface area contributed by atoms with Gasteiger partial charge in [-0.3, -0.25) is 0 Å². The molecule has 0 spiro atoms. The third-order valence-corrected chi connectivity index (χ3v) is 12.6. The van der Waals surface area contributed by atoms with Crippen molar-refractivity contribution in [1.82, 2.24) is 15.0 Å². The van der Waals surface area contributed by atoms with Crippen LogP contribution in [0.4, 0.5) is 0 Å². The van der Waals surface area contributed by atoms with Crippen molar-refractivity contribution in [3.8, 4) is 62.5 Å². The van der Waals surface area contributed by atoms with Crippen molar-refractivity contribution in [2.24, 2.45) is 11.8 Å². The van der Waals surface area contributed by atoms with E-state index in [1.54, 1.807) is 0 Å². The Bertz CT molecular complexity index is 2490. The normalized spacial score (nSPS) is 22.5. The van der Waals surface area contributed by atoms with Crippen LogP contribution in [-0.2, 0) is 10.8 Å². The monoisotopic (exact) mass is 696 g/mol. The van der Waals surface area contributed by atoms with E-state index >= 15 is 0 Å². The highest BCUT2D eigenvalue weighted by molar-refractivity contribution is 5.72. The Hall–Kier alpha value is -6.18. The lowest BCUT2D eigenvalue weighted by molar-refractivity contribution is -0.0281. The summed E-state index contributed by atoms with van der Waals surface area (Å²) in [6.45, 7) is 0. The molecule has 0 amide bonds. The molecule has 4 fully saturated rings. The van der Waals surface area contributed by atoms with Crippen molar-refractivity contribution in [1.29, 1.82) is 5.26 Å². The first-order chi connectivity index (χ1) is 26.5. The van der Waals surface area contributed by atoms with Crippen LogP contribution < -0.4 is 0 Å². The van der Waals surface area contributed by atoms with Gasteiger partial charge >= 0.3 is 0 Å². The Kier molecular flexibility index (Phi) is 7.84. The highest BCUT2D eigenvalue weighted by atomic mass is 15.0. The van der Waals surface area contributed by atoms with E-state index in [0.29, 0.717) is 23.0 Å². The van der Waals surface area contributed by atoms with Crippen molar-refractivity contribution >= 4 is 0 Å². The van der Waals surface area contributed by atoms with E-state index in [2.05, 4.69) is 127 Å². The topological polar surface area (TPSA) is 62.5 Å². The highest BCUT2D eigenvalue weighted by Crippen LogP contribution is 2.66. The SMILES string of the molecule is N#Cc1ccc(-c2ccc(C34CC5CC(C3)CC(c3ccc(-c6nc(-c7ccccc7)nc(-c7cccc(-c8ccccc8)c7)n6)cc3)(C5)C4)cc2)cc1. The van der Waals surface area contributed by atoms with Gasteiger partial charge in [-0.15, -0.1) is 0 Å². The Morgan fingerprint density at radius 1 is 0.426 bits per heavy atom. The summed E-state index contributed by atoms with van der Waals surface area (Å²) in [5, 5.41) is 9.24. The maximum atomic E-state index is 9.24. The molecule has 0 saturated heterocycles. The predicted octanol–water partition coefficient (Wildman–Crippen LogP) is 11.9. The van der Waals surface area contributed by atoms with Gasteiger partial charge in [0.05, 0.1) is 11.6 Å². The molecule has 4 bridgehead atoms. The third-order valence-electron chi connectivity index (χ3n) is 12.6. The fraction of sp³-hybridized carbons (Fsp3) is 0.200. The van der Waals surface area contributed by atoms with E-state index in [1.165, 1.54) is 60.8 Å².